The fraction of sp³-hybridized carbons (Fsp3) is 0.500. The van der Waals surface area contributed by atoms with Gasteiger partial charge in [0.15, 0.2) is 0 Å². The van der Waals surface area contributed by atoms with Gasteiger partial charge in [-0.2, -0.15) is 0 Å². The smallest absolute Gasteiger partial charge is 0.238 e. The van der Waals surface area contributed by atoms with Crippen LogP contribution in [0.5, 0.6) is 0 Å². The lowest BCUT2D eigenvalue weighted by molar-refractivity contribution is -0.115. The van der Waals surface area contributed by atoms with Gasteiger partial charge in [-0.05, 0) is 30.5 Å². The lowest BCUT2D eigenvalue weighted by Crippen LogP contribution is -2.41. The molecule has 19 heavy (non-hydrogen) atoms. The van der Waals surface area contributed by atoms with Gasteiger partial charge < -0.3 is 15.7 Å². The molecule has 0 unspecified atom stereocenters. The molecule has 106 valence electrons. The number of carbonyl (C=O) groups excluding carboxylic acids is 1. The predicted octanol–water partition coefficient (Wildman–Crippen LogP) is 1.68. The van der Waals surface area contributed by atoms with E-state index in [1.54, 1.807) is 19.1 Å². The Morgan fingerprint density at radius 2 is 2.11 bits per heavy atom. The third-order valence-corrected chi connectivity index (χ3v) is 2.98. The van der Waals surface area contributed by atoms with Gasteiger partial charge in [0, 0.05) is 11.7 Å². The van der Waals surface area contributed by atoms with E-state index in [0.29, 0.717) is 11.3 Å². The Kier molecular flexibility index (Phi) is 5.92. The van der Waals surface area contributed by atoms with Gasteiger partial charge in [0.25, 0.3) is 0 Å². The van der Waals surface area contributed by atoms with Gasteiger partial charge in [0.1, 0.15) is 5.82 Å². The second kappa shape index (κ2) is 7.21. The highest BCUT2D eigenvalue weighted by atomic mass is 19.1. The summed E-state index contributed by atoms with van der Waals surface area (Å²) in [6.45, 7) is 5.64. The summed E-state index contributed by atoms with van der Waals surface area (Å²) in [4.78, 5) is 11.7. The topological polar surface area (TPSA) is 61.4 Å². The van der Waals surface area contributed by atoms with E-state index in [9.17, 15) is 9.18 Å². The predicted molar refractivity (Wildman–Crippen MR) is 73.5 cm³/mol. The Morgan fingerprint density at radius 1 is 1.42 bits per heavy atom. The minimum Gasteiger partial charge on any atom is -0.395 e. The van der Waals surface area contributed by atoms with E-state index in [2.05, 4.69) is 10.6 Å². The Bertz CT molecular complexity index is 435. The summed E-state index contributed by atoms with van der Waals surface area (Å²) in [5.41, 5.74) is 0.969. The Balaban J connectivity index is 2.49. The first-order valence-electron chi connectivity index (χ1n) is 6.34. The molecule has 1 rings (SSSR count). The van der Waals surface area contributed by atoms with Crippen LogP contribution < -0.4 is 10.6 Å². The van der Waals surface area contributed by atoms with Crippen LogP contribution in [0.15, 0.2) is 18.2 Å². The molecule has 0 radical (unpaired) electrons. The SMILES string of the molecule is Cc1ccc(NC(=O)CN[C@H](CO)C(C)C)cc1F. The number of halogens is 1. The lowest BCUT2D eigenvalue weighted by Gasteiger charge is -2.19. The Labute approximate surface area is 113 Å². The zero-order valence-corrected chi connectivity index (χ0v) is 11.5. The fourth-order valence-electron chi connectivity index (χ4n) is 1.61. The molecule has 4 nitrogen and oxygen atoms in total. The normalized spacial score (nSPS) is 12.5. The van der Waals surface area contributed by atoms with Crippen molar-refractivity contribution in [1.82, 2.24) is 5.32 Å². The van der Waals surface area contributed by atoms with Crippen molar-refractivity contribution >= 4 is 11.6 Å². The second-order valence-corrected chi connectivity index (χ2v) is 4.93. The van der Waals surface area contributed by atoms with Crippen LogP contribution in [0, 0.1) is 18.7 Å². The van der Waals surface area contributed by atoms with Gasteiger partial charge in [0.2, 0.25) is 5.91 Å². The molecule has 0 aliphatic heterocycles. The molecule has 0 aromatic heterocycles. The number of carbonyl (C=O) groups is 1. The molecule has 1 amide bonds. The molecule has 3 N–H and O–H groups in total. The first-order chi connectivity index (χ1) is 8.93. The van der Waals surface area contributed by atoms with E-state index in [1.165, 1.54) is 6.07 Å². The maximum atomic E-state index is 13.3. The van der Waals surface area contributed by atoms with Crippen LogP contribution in [0.1, 0.15) is 19.4 Å². The summed E-state index contributed by atoms with van der Waals surface area (Å²) in [5.74, 6) is -0.377. The van der Waals surface area contributed by atoms with Crippen LogP contribution in [-0.4, -0.2) is 30.2 Å². The number of aryl methyl sites for hydroxylation is 1. The number of hydrogen-bond acceptors (Lipinski definition) is 3. The van der Waals surface area contributed by atoms with Crippen molar-refractivity contribution in [1.29, 1.82) is 0 Å². The van der Waals surface area contributed by atoms with Gasteiger partial charge in [-0.15, -0.1) is 0 Å². The van der Waals surface area contributed by atoms with Crippen LogP contribution in [-0.2, 0) is 4.79 Å². The molecule has 0 saturated heterocycles. The molecule has 0 spiro atoms. The summed E-state index contributed by atoms with van der Waals surface area (Å²) in [6, 6.07) is 4.44. The Morgan fingerprint density at radius 3 is 2.63 bits per heavy atom. The molecule has 0 bridgehead atoms. The second-order valence-electron chi connectivity index (χ2n) is 4.93. The van der Waals surface area contributed by atoms with Crippen LogP contribution in [0.25, 0.3) is 0 Å². The number of amides is 1. The fourth-order valence-corrected chi connectivity index (χ4v) is 1.61. The number of rotatable bonds is 6. The number of aliphatic hydroxyl groups excluding tert-OH is 1. The summed E-state index contributed by atoms with van der Waals surface area (Å²) in [7, 11) is 0. The Hall–Kier alpha value is -1.46. The minimum absolute atomic E-state index is 0.0237. The average molecular weight is 268 g/mol. The van der Waals surface area contributed by atoms with Crippen molar-refractivity contribution in [2.75, 3.05) is 18.5 Å². The van der Waals surface area contributed by atoms with Gasteiger partial charge in [-0.25, -0.2) is 4.39 Å². The average Bonchev–Trinajstić information content (AvgIpc) is 2.34. The quantitative estimate of drug-likeness (QED) is 0.735. The van der Waals surface area contributed by atoms with Crippen molar-refractivity contribution in [3.8, 4) is 0 Å². The van der Waals surface area contributed by atoms with Crippen molar-refractivity contribution in [2.45, 2.75) is 26.8 Å². The van der Waals surface area contributed by atoms with Gasteiger partial charge in [-0.3, -0.25) is 4.79 Å². The standard InChI is InChI=1S/C14H21FN2O2/c1-9(2)13(8-18)16-7-14(19)17-11-5-4-10(3)12(15)6-11/h4-6,9,13,16,18H,7-8H2,1-3H3,(H,17,19)/t13-/m1/s1. The van der Waals surface area contributed by atoms with Crippen LogP contribution in [0.2, 0.25) is 0 Å². The highest BCUT2D eigenvalue weighted by Gasteiger charge is 2.13. The molecule has 5 heteroatoms. The molecule has 0 aliphatic rings. The number of hydrogen-bond donors (Lipinski definition) is 3. The molecule has 1 aromatic carbocycles. The van der Waals surface area contributed by atoms with Gasteiger partial charge >= 0.3 is 0 Å². The summed E-state index contributed by atoms with van der Waals surface area (Å²) >= 11 is 0. The number of aliphatic hydroxyl groups is 1. The lowest BCUT2D eigenvalue weighted by atomic mass is 10.1. The van der Waals surface area contributed by atoms with Crippen molar-refractivity contribution < 1.29 is 14.3 Å². The molecule has 0 fully saturated rings. The van der Waals surface area contributed by atoms with E-state index in [0.717, 1.165) is 0 Å². The van der Waals surface area contributed by atoms with E-state index in [-0.39, 0.29) is 36.8 Å². The summed E-state index contributed by atoms with van der Waals surface area (Å²) in [5, 5.41) is 14.7. The maximum Gasteiger partial charge on any atom is 0.238 e. The first-order valence-corrected chi connectivity index (χ1v) is 6.34. The minimum atomic E-state index is -0.346. The maximum absolute atomic E-state index is 13.3. The monoisotopic (exact) mass is 268 g/mol. The molecule has 1 aromatic rings. The van der Waals surface area contributed by atoms with E-state index >= 15 is 0 Å². The third kappa shape index (κ3) is 4.96. The number of anilines is 1. The third-order valence-electron chi connectivity index (χ3n) is 2.98. The van der Waals surface area contributed by atoms with E-state index < -0.39 is 0 Å². The van der Waals surface area contributed by atoms with Crippen molar-refractivity contribution in [3.05, 3.63) is 29.6 Å². The molecule has 0 heterocycles. The van der Waals surface area contributed by atoms with Crippen molar-refractivity contribution in [2.24, 2.45) is 5.92 Å². The highest BCUT2D eigenvalue weighted by molar-refractivity contribution is 5.92. The van der Waals surface area contributed by atoms with Crippen LogP contribution in [0.4, 0.5) is 10.1 Å². The zero-order chi connectivity index (χ0) is 14.4. The van der Waals surface area contributed by atoms with E-state index in [4.69, 9.17) is 5.11 Å². The largest absolute Gasteiger partial charge is 0.395 e. The van der Waals surface area contributed by atoms with E-state index in [1.807, 2.05) is 13.8 Å². The van der Waals surface area contributed by atoms with Gasteiger partial charge in [0.05, 0.1) is 13.2 Å². The molecule has 0 aliphatic carbocycles. The number of nitrogens with one attached hydrogen (secondary N) is 2. The summed E-state index contributed by atoms with van der Waals surface area (Å²) < 4.78 is 13.3. The zero-order valence-electron chi connectivity index (χ0n) is 11.5. The van der Waals surface area contributed by atoms with Crippen LogP contribution >= 0.6 is 0 Å². The molecule has 1 atom stereocenters. The molecular formula is C14H21FN2O2. The highest BCUT2D eigenvalue weighted by Crippen LogP contribution is 2.13. The molecule has 0 saturated carbocycles. The summed E-state index contributed by atoms with van der Waals surface area (Å²) in [6.07, 6.45) is 0. The van der Waals surface area contributed by atoms with Crippen molar-refractivity contribution in [3.63, 3.8) is 0 Å². The van der Waals surface area contributed by atoms with Crippen LogP contribution in [0.3, 0.4) is 0 Å². The number of benzene rings is 1. The first kappa shape index (κ1) is 15.6. The van der Waals surface area contributed by atoms with Gasteiger partial charge in [-0.1, -0.05) is 19.9 Å². The molecular weight excluding hydrogens is 247 g/mol.